The van der Waals surface area contributed by atoms with Gasteiger partial charge in [0.05, 0.1) is 6.10 Å². The summed E-state index contributed by atoms with van der Waals surface area (Å²) in [4.78, 5) is 0. The minimum atomic E-state index is -0.343. The van der Waals surface area contributed by atoms with Crippen molar-refractivity contribution in [2.45, 2.75) is 18.9 Å². The van der Waals surface area contributed by atoms with Crippen molar-refractivity contribution in [2.24, 2.45) is 5.92 Å². The lowest BCUT2D eigenvalue weighted by Crippen LogP contribution is -2.21. The molecule has 1 unspecified atom stereocenters. The van der Waals surface area contributed by atoms with E-state index in [1.807, 2.05) is 0 Å². The molecule has 2 aromatic rings. The topological polar surface area (TPSA) is 58.0 Å². The van der Waals surface area contributed by atoms with Gasteiger partial charge in [-0.05, 0) is 37.0 Å². The molecule has 7 heteroatoms. The first-order valence-corrected chi connectivity index (χ1v) is 7.95. The van der Waals surface area contributed by atoms with E-state index in [-0.39, 0.29) is 11.9 Å². The molecule has 1 aliphatic rings. The number of benzene rings is 1. The van der Waals surface area contributed by atoms with E-state index >= 15 is 0 Å². The zero-order chi connectivity index (χ0) is 14.1. The molecule has 1 aliphatic carbocycles. The minimum Gasteiger partial charge on any atom is -0.391 e. The maximum absolute atomic E-state index is 13.8. The van der Waals surface area contributed by atoms with Gasteiger partial charge in [0.1, 0.15) is 5.82 Å². The zero-order valence-electron chi connectivity index (χ0n) is 10.5. The van der Waals surface area contributed by atoms with Gasteiger partial charge in [-0.25, -0.2) is 4.39 Å². The van der Waals surface area contributed by atoms with Crippen LogP contribution in [0.3, 0.4) is 0 Å². The fourth-order valence-electron chi connectivity index (χ4n) is 1.90. The summed E-state index contributed by atoms with van der Waals surface area (Å²) in [6.07, 6.45) is 1.84. The lowest BCUT2D eigenvalue weighted by atomic mass is 10.2. The van der Waals surface area contributed by atoms with Crippen molar-refractivity contribution in [3.63, 3.8) is 0 Å². The average Bonchev–Trinajstić information content (AvgIpc) is 3.18. The maximum atomic E-state index is 13.8. The summed E-state index contributed by atoms with van der Waals surface area (Å²) >= 11 is 4.59. The lowest BCUT2D eigenvalue weighted by Gasteiger charge is -2.08. The number of hydrogen-bond donors (Lipinski definition) is 2. The highest BCUT2D eigenvalue weighted by molar-refractivity contribution is 9.10. The Hall–Kier alpha value is -1.05. The molecule has 0 amide bonds. The third-order valence-corrected chi connectivity index (χ3v) is 4.62. The molecule has 1 aromatic heterocycles. The summed E-state index contributed by atoms with van der Waals surface area (Å²) in [5.74, 6) is 0.0892. The molecule has 106 valence electrons. The van der Waals surface area contributed by atoms with Crippen LogP contribution in [0.2, 0.25) is 0 Å². The van der Waals surface area contributed by atoms with Gasteiger partial charge in [-0.3, -0.25) is 0 Å². The molecule has 4 nitrogen and oxygen atoms in total. The van der Waals surface area contributed by atoms with E-state index in [4.69, 9.17) is 0 Å². The van der Waals surface area contributed by atoms with Crippen LogP contribution in [0, 0.1) is 11.7 Å². The van der Waals surface area contributed by atoms with Gasteiger partial charge in [0.2, 0.25) is 5.13 Å². The molecule has 0 aliphatic heterocycles. The van der Waals surface area contributed by atoms with Crippen LogP contribution in [0.4, 0.5) is 9.52 Å². The van der Waals surface area contributed by atoms with Crippen LogP contribution in [0.1, 0.15) is 12.8 Å². The summed E-state index contributed by atoms with van der Waals surface area (Å²) < 4.78 is 14.5. The number of aliphatic hydroxyl groups is 1. The van der Waals surface area contributed by atoms with E-state index in [2.05, 4.69) is 31.4 Å². The van der Waals surface area contributed by atoms with Crippen molar-refractivity contribution in [1.29, 1.82) is 0 Å². The summed E-state index contributed by atoms with van der Waals surface area (Å²) in [7, 11) is 0. The van der Waals surface area contributed by atoms with Gasteiger partial charge in [0.15, 0.2) is 5.01 Å². The zero-order valence-corrected chi connectivity index (χ0v) is 12.9. The Bertz CT molecular complexity index is 617. The first-order chi connectivity index (χ1) is 9.63. The maximum Gasteiger partial charge on any atom is 0.206 e. The molecular formula is C13H13BrFN3OS. The van der Waals surface area contributed by atoms with E-state index in [1.165, 1.54) is 17.4 Å². The Kier molecular flexibility index (Phi) is 4.00. The second-order valence-corrected chi connectivity index (χ2v) is 6.72. The highest BCUT2D eigenvalue weighted by Crippen LogP contribution is 2.33. The normalized spacial score (nSPS) is 16.1. The number of aromatic nitrogens is 2. The fraction of sp³-hybridized carbons (Fsp3) is 0.385. The van der Waals surface area contributed by atoms with Gasteiger partial charge in [-0.1, -0.05) is 27.3 Å². The molecule has 1 fully saturated rings. The van der Waals surface area contributed by atoms with Crippen molar-refractivity contribution in [3.05, 3.63) is 28.5 Å². The second kappa shape index (κ2) is 5.75. The third-order valence-electron chi connectivity index (χ3n) is 3.21. The van der Waals surface area contributed by atoms with Crippen LogP contribution in [-0.4, -0.2) is 28.0 Å². The molecule has 1 saturated carbocycles. The van der Waals surface area contributed by atoms with Crippen molar-refractivity contribution < 1.29 is 9.50 Å². The van der Waals surface area contributed by atoms with Gasteiger partial charge in [-0.2, -0.15) is 0 Å². The molecule has 2 N–H and O–H groups in total. The summed E-state index contributed by atoms with van der Waals surface area (Å²) in [6.45, 7) is 0.459. The molecule has 0 bridgehead atoms. The Morgan fingerprint density at radius 1 is 1.45 bits per heavy atom. The van der Waals surface area contributed by atoms with E-state index in [1.54, 1.807) is 12.1 Å². The van der Waals surface area contributed by atoms with Crippen LogP contribution in [0.15, 0.2) is 22.7 Å². The molecular weight excluding hydrogens is 345 g/mol. The minimum absolute atomic E-state index is 0.325. The van der Waals surface area contributed by atoms with Crippen molar-refractivity contribution in [2.75, 3.05) is 11.9 Å². The van der Waals surface area contributed by atoms with Gasteiger partial charge in [0.25, 0.3) is 0 Å². The van der Waals surface area contributed by atoms with Crippen LogP contribution in [0.25, 0.3) is 10.6 Å². The number of rotatable bonds is 5. The average molecular weight is 358 g/mol. The Morgan fingerprint density at radius 2 is 2.25 bits per heavy atom. The Balaban J connectivity index is 1.70. The van der Waals surface area contributed by atoms with Crippen molar-refractivity contribution >= 4 is 32.4 Å². The van der Waals surface area contributed by atoms with Crippen LogP contribution in [-0.2, 0) is 0 Å². The lowest BCUT2D eigenvalue weighted by molar-refractivity contribution is 0.164. The first kappa shape index (κ1) is 13.9. The monoisotopic (exact) mass is 357 g/mol. The van der Waals surface area contributed by atoms with Crippen LogP contribution >= 0.6 is 27.3 Å². The highest BCUT2D eigenvalue weighted by Gasteiger charge is 2.29. The molecule has 0 spiro atoms. The highest BCUT2D eigenvalue weighted by atomic mass is 79.9. The molecule has 1 heterocycles. The Morgan fingerprint density at radius 3 is 3.00 bits per heavy atom. The number of nitrogens with zero attached hydrogens (tertiary/aromatic N) is 2. The molecule has 3 rings (SSSR count). The van der Waals surface area contributed by atoms with E-state index in [0.29, 0.717) is 28.2 Å². The molecule has 20 heavy (non-hydrogen) atoms. The van der Waals surface area contributed by atoms with E-state index in [9.17, 15) is 9.50 Å². The summed E-state index contributed by atoms with van der Waals surface area (Å²) in [6, 6.07) is 4.72. The SMILES string of the molecule is OC(CNc1nnc(-c2cc(Br)ccc2F)s1)C1CC1. The predicted molar refractivity (Wildman–Crippen MR) is 80.2 cm³/mol. The standard InChI is InChI=1S/C13H13BrFN3OS/c14-8-3-4-10(15)9(5-8)12-17-18-13(20-12)16-6-11(19)7-1-2-7/h3-5,7,11,19H,1-2,6H2,(H,16,18). The predicted octanol–water partition coefficient (Wildman–Crippen LogP) is 3.29. The number of aliphatic hydroxyl groups excluding tert-OH is 1. The van der Waals surface area contributed by atoms with Gasteiger partial charge >= 0.3 is 0 Å². The fourth-order valence-corrected chi connectivity index (χ4v) is 3.03. The Labute approximate surface area is 128 Å². The number of halogens is 2. The van der Waals surface area contributed by atoms with E-state index in [0.717, 1.165) is 17.3 Å². The van der Waals surface area contributed by atoms with Crippen LogP contribution in [0.5, 0.6) is 0 Å². The van der Waals surface area contributed by atoms with E-state index < -0.39 is 0 Å². The second-order valence-electron chi connectivity index (χ2n) is 4.82. The van der Waals surface area contributed by atoms with Gasteiger partial charge in [-0.15, -0.1) is 10.2 Å². The number of nitrogens with one attached hydrogen (secondary N) is 1. The largest absolute Gasteiger partial charge is 0.391 e. The molecule has 1 atom stereocenters. The van der Waals surface area contributed by atoms with Crippen LogP contribution < -0.4 is 5.32 Å². The number of hydrogen-bond acceptors (Lipinski definition) is 5. The first-order valence-electron chi connectivity index (χ1n) is 6.34. The summed E-state index contributed by atoms with van der Waals surface area (Å²) in [5.41, 5.74) is 0.424. The van der Waals surface area contributed by atoms with Crippen molar-refractivity contribution in [3.8, 4) is 10.6 Å². The van der Waals surface area contributed by atoms with Crippen molar-refractivity contribution in [1.82, 2.24) is 10.2 Å². The quantitative estimate of drug-likeness (QED) is 0.861. The molecule has 1 aromatic carbocycles. The molecule has 0 radical (unpaired) electrons. The van der Waals surface area contributed by atoms with Gasteiger partial charge in [0, 0.05) is 16.6 Å². The van der Waals surface area contributed by atoms with Gasteiger partial charge < -0.3 is 10.4 Å². The molecule has 0 saturated heterocycles. The smallest absolute Gasteiger partial charge is 0.206 e. The number of anilines is 1. The third kappa shape index (κ3) is 3.16. The summed E-state index contributed by atoms with van der Waals surface area (Å²) in [5, 5.41) is 21.9.